The van der Waals surface area contributed by atoms with Crippen LogP contribution in [0.4, 0.5) is 0 Å². The molecule has 2 aromatic carbocycles. The lowest BCUT2D eigenvalue weighted by atomic mass is 10.0. The maximum atomic E-state index is 11.8. The summed E-state index contributed by atoms with van der Waals surface area (Å²) in [6.45, 7) is 3.24. The summed E-state index contributed by atoms with van der Waals surface area (Å²) < 4.78 is 10.4. The summed E-state index contributed by atoms with van der Waals surface area (Å²) in [6.07, 6.45) is 1.07. The van der Waals surface area contributed by atoms with E-state index in [9.17, 15) is 4.79 Å². The van der Waals surface area contributed by atoms with Gasteiger partial charge in [-0.2, -0.15) is 0 Å². The number of epoxide rings is 1. The number of rotatable bonds is 4. The summed E-state index contributed by atoms with van der Waals surface area (Å²) in [5.41, 5.74) is 1.78. The molecule has 0 spiro atoms. The van der Waals surface area contributed by atoms with E-state index in [2.05, 4.69) is 18.2 Å². The van der Waals surface area contributed by atoms with Gasteiger partial charge in [0, 0.05) is 0 Å². The average molecular weight is 256 g/mol. The van der Waals surface area contributed by atoms with Gasteiger partial charge in [-0.1, -0.05) is 25.1 Å². The Balaban J connectivity index is 1.91. The molecule has 2 aromatic rings. The molecule has 0 N–H and O–H groups in total. The summed E-state index contributed by atoms with van der Waals surface area (Å²) >= 11 is 0. The Hall–Kier alpha value is -1.87. The van der Waals surface area contributed by atoms with Crippen LogP contribution in [0.5, 0.6) is 0 Å². The third kappa shape index (κ3) is 2.61. The molecule has 3 heteroatoms. The molecule has 1 aliphatic heterocycles. The fourth-order valence-corrected chi connectivity index (χ4v) is 2.11. The van der Waals surface area contributed by atoms with E-state index in [1.165, 1.54) is 5.56 Å². The Labute approximate surface area is 112 Å². The largest absolute Gasteiger partial charge is 0.462 e. The number of fused-ring (bicyclic) bond motifs is 1. The van der Waals surface area contributed by atoms with Crippen molar-refractivity contribution in [3.63, 3.8) is 0 Å². The van der Waals surface area contributed by atoms with Gasteiger partial charge >= 0.3 is 5.97 Å². The third-order valence-corrected chi connectivity index (χ3v) is 3.24. The smallest absolute Gasteiger partial charge is 0.338 e. The van der Waals surface area contributed by atoms with Gasteiger partial charge < -0.3 is 9.47 Å². The molecule has 0 saturated carbocycles. The van der Waals surface area contributed by atoms with Gasteiger partial charge in [-0.25, -0.2) is 4.79 Å². The van der Waals surface area contributed by atoms with E-state index in [4.69, 9.17) is 9.47 Å². The van der Waals surface area contributed by atoms with Crippen LogP contribution in [0, 0.1) is 0 Å². The molecule has 19 heavy (non-hydrogen) atoms. The van der Waals surface area contributed by atoms with Crippen molar-refractivity contribution in [2.24, 2.45) is 0 Å². The monoisotopic (exact) mass is 256 g/mol. The summed E-state index contributed by atoms with van der Waals surface area (Å²) in [5.74, 6) is -0.253. The van der Waals surface area contributed by atoms with Gasteiger partial charge in [0.25, 0.3) is 0 Å². The Morgan fingerprint density at radius 1 is 1.26 bits per heavy atom. The van der Waals surface area contributed by atoms with Gasteiger partial charge in [0.05, 0.1) is 18.8 Å². The Bertz CT molecular complexity index is 614. The van der Waals surface area contributed by atoms with Crippen LogP contribution in [-0.4, -0.2) is 19.2 Å². The molecule has 1 saturated heterocycles. The van der Waals surface area contributed by atoms with Crippen LogP contribution in [0.25, 0.3) is 10.8 Å². The Kier molecular flexibility index (Phi) is 3.22. The molecule has 3 nitrogen and oxygen atoms in total. The first-order valence-electron chi connectivity index (χ1n) is 6.60. The molecule has 1 atom stereocenters. The number of hydrogen-bond acceptors (Lipinski definition) is 3. The topological polar surface area (TPSA) is 38.8 Å². The van der Waals surface area contributed by atoms with Crippen LogP contribution in [0.15, 0.2) is 36.4 Å². The van der Waals surface area contributed by atoms with Crippen molar-refractivity contribution < 1.29 is 14.3 Å². The minimum Gasteiger partial charge on any atom is -0.462 e. The van der Waals surface area contributed by atoms with Crippen molar-refractivity contribution in [3.8, 4) is 0 Å². The summed E-state index contributed by atoms with van der Waals surface area (Å²) in [6, 6.07) is 11.9. The highest BCUT2D eigenvalue weighted by Crippen LogP contribution is 2.31. The highest BCUT2D eigenvalue weighted by Gasteiger charge is 2.24. The normalized spacial score (nSPS) is 17.4. The molecule has 1 heterocycles. The van der Waals surface area contributed by atoms with Gasteiger partial charge in [0.2, 0.25) is 0 Å². The van der Waals surface area contributed by atoms with Gasteiger partial charge in [0.1, 0.15) is 6.10 Å². The first-order valence-corrected chi connectivity index (χ1v) is 6.60. The predicted octanol–water partition coefficient (Wildman–Crippen LogP) is 3.48. The van der Waals surface area contributed by atoms with E-state index >= 15 is 0 Å². The number of benzene rings is 2. The lowest BCUT2D eigenvalue weighted by Gasteiger charge is -2.05. The lowest BCUT2D eigenvalue weighted by Crippen LogP contribution is -2.05. The predicted molar refractivity (Wildman–Crippen MR) is 73.2 cm³/mol. The Morgan fingerprint density at radius 2 is 2.05 bits per heavy atom. The second kappa shape index (κ2) is 5.02. The minimum absolute atomic E-state index is 0.236. The average Bonchev–Trinajstić information content (AvgIpc) is 3.28. The molecule has 0 aromatic heterocycles. The number of carbonyl (C=O) groups is 1. The zero-order chi connectivity index (χ0) is 13.2. The van der Waals surface area contributed by atoms with E-state index in [0.29, 0.717) is 12.2 Å². The zero-order valence-corrected chi connectivity index (χ0v) is 10.9. The molecular formula is C16H16O3. The highest BCUT2D eigenvalue weighted by molar-refractivity contribution is 5.95. The fourth-order valence-electron chi connectivity index (χ4n) is 2.11. The molecule has 3 rings (SSSR count). The second-order valence-corrected chi connectivity index (χ2v) is 4.78. The van der Waals surface area contributed by atoms with Crippen molar-refractivity contribution in [2.75, 3.05) is 13.2 Å². The molecule has 0 radical (unpaired) electrons. The van der Waals surface area contributed by atoms with Gasteiger partial charge in [-0.15, -0.1) is 0 Å². The first kappa shape index (κ1) is 12.2. The SMILES string of the molecule is CCCOC(=O)c1ccc2ccc(C3CO3)cc2c1. The summed E-state index contributed by atoms with van der Waals surface area (Å²) in [7, 11) is 0. The van der Waals surface area contributed by atoms with Gasteiger partial charge in [0.15, 0.2) is 0 Å². The second-order valence-electron chi connectivity index (χ2n) is 4.78. The lowest BCUT2D eigenvalue weighted by molar-refractivity contribution is 0.0505. The molecule has 0 bridgehead atoms. The number of esters is 1. The molecule has 0 aliphatic carbocycles. The van der Waals surface area contributed by atoms with Crippen molar-refractivity contribution in [1.82, 2.24) is 0 Å². The quantitative estimate of drug-likeness (QED) is 0.621. The van der Waals surface area contributed by atoms with Crippen LogP contribution in [-0.2, 0) is 9.47 Å². The van der Waals surface area contributed by atoms with Crippen LogP contribution in [0.1, 0.15) is 35.4 Å². The maximum absolute atomic E-state index is 11.8. The highest BCUT2D eigenvalue weighted by atomic mass is 16.6. The standard InChI is InChI=1S/C16H16O3/c1-2-7-18-16(17)13-6-4-11-3-5-12(15-10-19-15)8-14(11)9-13/h3-6,8-9,15H,2,7,10H2,1H3. The summed E-state index contributed by atoms with van der Waals surface area (Å²) in [4.78, 5) is 11.8. The summed E-state index contributed by atoms with van der Waals surface area (Å²) in [5, 5.41) is 2.18. The van der Waals surface area contributed by atoms with Crippen LogP contribution in [0.2, 0.25) is 0 Å². The van der Waals surface area contributed by atoms with Gasteiger partial charge in [-0.3, -0.25) is 0 Å². The number of ether oxygens (including phenoxy) is 2. The molecular weight excluding hydrogens is 240 g/mol. The van der Waals surface area contributed by atoms with Crippen molar-refractivity contribution in [3.05, 3.63) is 47.5 Å². The van der Waals surface area contributed by atoms with Crippen molar-refractivity contribution in [2.45, 2.75) is 19.4 Å². The third-order valence-electron chi connectivity index (χ3n) is 3.24. The van der Waals surface area contributed by atoms with Crippen molar-refractivity contribution in [1.29, 1.82) is 0 Å². The number of carbonyl (C=O) groups excluding carboxylic acids is 1. The van der Waals surface area contributed by atoms with Crippen LogP contribution < -0.4 is 0 Å². The molecule has 1 aliphatic rings. The van der Waals surface area contributed by atoms with E-state index < -0.39 is 0 Å². The number of hydrogen-bond donors (Lipinski definition) is 0. The van der Waals surface area contributed by atoms with E-state index in [1.807, 2.05) is 25.1 Å². The molecule has 1 unspecified atom stereocenters. The molecule has 0 amide bonds. The van der Waals surface area contributed by atoms with E-state index in [1.54, 1.807) is 0 Å². The van der Waals surface area contributed by atoms with Gasteiger partial charge in [-0.05, 0) is 41.0 Å². The maximum Gasteiger partial charge on any atom is 0.338 e. The van der Waals surface area contributed by atoms with Crippen molar-refractivity contribution >= 4 is 16.7 Å². The van der Waals surface area contributed by atoms with E-state index in [0.717, 1.165) is 23.8 Å². The molecule has 1 fully saturated rings. The van der Waals surface area contributed by atoms with Crippen LogP contribution >= 0.6 is 0 Å². The van der Waals surface area contributed by atoms with Crippen LogP contribution in [0.3, 0.4) is 0 Å². The minimum atomic E-state index is -0.253. The molecule has 98 valence electrons. The Morgan fingerprint density at radius 3 is 2.79 bits per heavy atom. The zero-order valence-electron chi connectivity index (χ0n) is 10.9. The first-order chi connectivity index (χ1) is 9.28. The van der Waals surface area contributed by atoms with E-state index in [-0.39, 0.29) is 12.1 Å². The fraction of sp³-hybridized carbons (Fsp3) is 0.312.